The van der Waals surface area contributed by atoms with Crippen molar-refractivity contribution in [3.05, 3.63) is 30.6 Å². The van der Waals surface area contributed by atoms with Crippen molar-refractivity contribution >= 4 is 5.97 Å². The average molecular weight is 161 g/mol. The molecule has 0 aliphatic rings. The predicted molar refractivity (Wildman–Crippen MR) is 36.4 cm³/mol. The van der Waals surface area contributed by atoms with Crippen molar-refractivity contribution in [1.82, 2.24) is 4.98 Å². The monoisotopic (exact) mass is 161 g/mol. The first-order chi connectivity index (χ1) is 4.73. The van der Waals surface area contributed by atoms with E-state index in [1.807, 2.05) is 12.1 Å². The third-order valence-electron chi connectivity index (χ3n) is 0.514. The van der Waals surface area contributed by atoms with Gasteiger partial charge in [-0.15, -0.1) is 0 Å². The van der Waals surface area contributed by atoms with Gasteiger partial charge >= 0.3 is 29.6 Å². The first kappa shape index (κ1) is 13.2. The van der Waals surface area contributed by atoms with Gasteiger partial charge in [-0.2, -0.15) is 6.07 Å². The molecule has 1 aromatic rings. The maximum atomic E-state index is 9.00. The van der Waals surface area contributed by atoms with E-state index in [1.54, 1.807) is 12.4 Å². The SMILES string of the molecule is CC(=O)O.[Na+].[c-]1cccnc1. The van der Waals surface area contributed by atoms with Crippen LogP contribution in [-0.4, -0.2) is 16.1 Å². The fourth-order valence-corrected chi connectivity index (χ4v) is 0.277. The molecule has 0 aromatic carbocycles. The Kier molecular flexibility index (Phi) is 11.6. The number of carbonyl (C=O) groups is 1. The van der Waals surface area contributed by atoms with E-state index in [1.165, 1.54) is 0 Å². The molecular weight excluding hydrogens is 153 g/mol. The van der Waals surface area contributed by atoms with Gasteiger partial charge in [0.15, 0.2) is 0 Å². The van der Waals surface area contributed by atoms with Crippen LogP contribution in [0.15, 0.2) is 24.5 Å². The number of nitrogens with zero attached hydrogens (tertiary/aromatic N) is 1. The van der Waals surface area contributed by atoms with Gasteiger partial charge in [0.1, 0.15) is 0 Å². The molecule has 0 atom stereocenters. The van der Waals surface area contributed by atoms with Crippen LogP contribution in [0.1, 0.15) is 6.92 Å². The van der Waals surface area contributed by atoms with Crippen molar-refractivity contribution in [1.29, 1.82) is 0 Å². The maximum absolute atomic E-state index is 9.00. The third-order valence-corrected chi connectivity index (χ3v) is 0.514. The molecule has 0 bridgehead atoms. The van der Waals surface area contributed by atoms with Crippen molar-refractivity contribution in [2.75, 3.05) is 0 Å². The van der Waals surface area contributed by atoms with Gasteiger partial charge in [0.2, 0.25) is 0 Å². The Hall–Kier alpha value is -0.380. The van der Waals surface area contributed by atoms with Crippen LogP contribution in [0.25, 0.3) is 0 Å². The molecule has 11 heavy (non-hydrogen) atoms. The van der Waals surface area contributed by atoms with E-state index in [9.17, 15) is 0 Å². The van der Waals surface area contributed by atoms with Gasteiger partial charge in [-0.05, 0) is 0 Å². The summed E-state index contributed by atoms with van der Waals surface area (Å²) in [6, 6.07) is 6.43. The molecular formula is C7H8NNaO2. The van der Waals surface area contributed by atoms with Crippen molar-refractivity contribution in [3.8, 4) is 0 Å². The molecule has 4 heteroatoms. The van der Waals surface area contributed by atoms with Crippen LogP contribution in [-0.2, 0) is 4.79 Å². The third kappa shape index (κ3) is 17.7. The number of hydrogen-bond donors (Lipinski definition) is 1. The van der Waals surface area contributed by atoms with Gasteiger partial charge in [0.25, 0.3) is 5.97 Å². The Balaban J connectivity index is 0. The topological polar surface area (TPSA) is 50.2 Å². The summed E-state index contributed by atoms with van der Waals surface area (Å²) in [5, 5.41) is 7.42. The molecule has 1 rings (SSSR count). The first-order valence-electron chi connectivity index (χ1n) is 2.69. The van der Waals surface area contributed by atoms with E-state index in [-0.39, 0.29) is 29.6 Å². The maximum Gasteiger partial charge on any atom is 1.00 e. The van der Waals surface area contributed by atoms with E-state index < -0.39 is 5.97 Å². The molecule has 0 radical (unpaired) electrons. The van der Waals surface area contributed by atoms with Crippen LogP contribution in [0.3, 0.4) is 0 Å². The molecule has 0 unspecified atom stereocenters. The number of aliphatic carboxylic acids is 1. The van der Waals surface area contributed by atoms with Crippen LogP contribution in [0, 0.1) is 6.07 Å². The van der Waals surface area contributed by atoms with Gasteiger partial charge in [0, 0.05) is 6.92 Å². The predicted octanol–water partition coefficient (Wildman–Crippen LogP) is -2.02. The number of pyridine rings is 1. The van der Waals surface area contributed by atoms with E-state index in [0.29, 0.717) is 0 Å². The number of aromatic nitrogens is 1. The van der Waals surface area contributed by atoms with Crippen molar-refractivity contribution in [2.45, 2.75) is 6.92 Å². The second kappa shape index (κ2) is 9.62. The second-order valence-electron chi connectivity index (χ2n) is 1.47. The summed E-state index contributed by atoms with van der Waals surface area (Å²) in [7, 11) is 0. The Bertz CT molecular complexity index is 148. The van der Waals surface area contributed by atoms with Crippen molar-refractivity contribution < 1.29 is 39.5 Å². The van der Waals surface area contributed by atoms with Crippen LogP contribution in [0.4, 0.5) is 0 Å². The average Bonchev–Trinajstić information content (AvgIpc) is 1.90. The summed E-state index contributed by atoms with van der Waals surface area (Å²) in [5.41, 5.74) is 0. The number of hydrogen-bond acceptors (Lipinski definition) is 2. The molecule has 0 spiro atoms. The summed E-state index contributed by atoms with van der Waals surface area (Å²) in [4.78, 5) is 12.7. The van der Waals surface area contributed by atoms with Crippen LogP contribution in [0.5, 0.6) is 0 Å². The fourth-order valence-electron chi connectivity index (χ4n) is 0.277. The molecule has 0 amide bonds. The molecule has 54 valence electrons. The van der Waals surface area contributed by atoms with Gasteiger partial charge in [-0.25, -0.2) is 12.1 Å². The molecule has 0 aliphatic carbocycles. The van der Waals surface area contributed by atoms with Crippen LogP contribution in [0.2, 0.25) is 0 Å². The largest absolute Gasteiger partial charge is 1.00 e. The standard InChI is InChI=1S/C5H4N.C2H4O2.Na/c1-2-4-6-5-3-1;1-2(3)4;/h1-2,4-5H;1H3,(H,3,4);/q-1;;+1. The molecule has 0 fully saturated rings. The molecule has 0 saturated carbocycles. The quantitative estimate of drug-likeness (QED) is 0.353. The van der Waals surface area contributed by atoms with E-state index in [0.717, 1.165) is 6.92 Å². The minimum absolute atomic E-state index is 0. The number of rotatable bonds is 0. The summed E-state index contributed by atoms with van der Waals surface area (Å²) in [6.45, 7) is 1.08. The number of carboxylic acids is 1. The molecule has 1 heterocycles. The minimum Gasteiger partial charge on any atom is -0.481 e. The summed E-state index contributed by atoms with van der Waals surface area (Å²) < 4.78 is 0. The Morgan fingerprint density at radius 2 is 2.18 bits per heavy atom. The van der Waals surface area contributed by atoms with Gasteiger partial charge in [-0.3, -0.25) is 4.79 Å². The molecule has 1 N–H and O–H groups in total. The molecule has 1 aromatic heterocycles. The second-order valence-corrected chi connectivity index (χ2v) is 1.47. The smallest absolute Gasteiger partial charge is 0.481 e. The molecule has 0 aliphatic heterocycles. The summed E-state index contributed by atoms with van der Waals surface area (Å²) in [6.07, 6.45) is 3.34. The normalized spacial score (nSPS) is 6.64. The fraction of sp³-hybridized carbons (Fsp3) is 0.143. The Labute approximate surface area is 87.8 Å². The van der Waals surface area contributed by atoms with Crippen LogP contribution < -0.4 is 29.6 Å². The van der Waals surface area contributed by atoms with Crippen molar-refractivity contribution in [2.24, 2.45) is 0 Å². The molecule has 3 nitrogen and oxygen atoms in total. The Morgan fingerprint density at radius 1 is 1.64 bits per heavy atom. The summed E-state index contributed by atoms with van der Waals surface area (Å²) in [5.74, 6) is -0.833. The van der Waals surface area contributed by atoms with Crippen LogP contribution >= 0.6 is 0 Å². The zero-order chi connectivity index (χ0) is 7.82. The van der Waals surface area contributed by atoms with Gasteiger partial charge in [-0.1, -0.05) is 12.4 Å². The first-order valence-corrected chi connectivity index (χ1v) is 2.69. The van der Waals surface area contributed by atoms with Crippen molar-refractivity contribution in [3.63, 3.8) is 0 Å². The van der Waals surface area contributed by atoms with Gasteiger partial charge < -0.3 is 10.1 Å². The van der Waals surface area contributed by atoms with E-state index >= 15 is 0 Å². The zero-order valence-electron chi connectivity index (χ0n) is 6.61. The van der Waals surface area contributed by atoms with E-state index in [2.05, 4.69) is 11.1 Å². The number of carboxylic acid groups (broad SMARTS) is 1. The zero-order valence-corrected chi connectivity index (χ0v) is 8.61. The van der Waals surface area contributed by atoms with Gasteiger partial charge in [0.05, 0.1) is 0 Å². The summed E-state index contributed by atoms with van der Waals surface area (Å²) >= 11 is 0. The molecule has 0 saturated heterocycles. The Morgan fingerprint density at radius 3 is 2.27 bits per heavy atom. The van der Waals surface area contributed by atoms with E-state index in [4.69, 9.17) is 9.90 Å². The minimum atomic E-state index is -0.833.